The molecule has 12 heavy (non-hydrogen) atoms. The second-order valence-corrected chi connectivity index (χ2v) is 3.02. The van der Waals surface area contributed by atoms with Gasteiger partial charge in [-0.25, -0.2) is 15.0 Å². The number of nitrogens with one attached hydrogen (secondary N) is 1. The number of hydrogen-bond donors (Lipinski definition) is 1. The Morgan fingerprint density at radius 3 is 2.92 bits per heavy atom. The monoisotopic (exact) mass is 162 g/mol. The second-order valence-electron chi connectivity index (χ2n) is 3.02. The zero-order valence-electron chi connectivity index (χ0n) is 7.07. The standard InChI is InChI=1S/C8H10N4/c1-5(2)6-3-9-7-8(12-6)11-4-10-7/h3-5H,1-2H3,(H,9,10,11,12). The fourth-order valence-electron chi connectivity index (χ4n) is 1.02. The van der Waals surface area contributed by atoms with E-state index < -0.39 is 0 Å². The normalized spacial score (nSPS) is 11.2. The minimum absolute atomic E-state index is 0.408. The molecule has 4 nitrogen and oxygen atoms in total. The molecule has 2 aromatic heterocycles. The van der Waals surface area contributed by atoms with Crippen molar-refractivity contribution >= 4 is 11.3 Å². The highest BCUT2D eigenvalue weighted by atomic mass is 15.0. The molecule has 0 unspecified atom stereocenters. The van der Waals surface area contributed by atoms with E-state index in [1.165, 1.54) is 0 Å². The van der Waals surface area contributed by atoms with Gasteiger partial charge in [0.15, 0.2) is 11.3 Å². The average molecular weight is 162 g/mol. The molecule has 0 saturated heterocycles. The Kier molecular flexibility index (Phi) is 1.53. The highest BCUT2D eigenvalue weighted by Crippen LogP contribution is 2.11. The summed E-state index contributed by atoms with van der Waals surface area (Å²) < 4.78 is 0. The number of nitrogens with zero attached hydrogens (tertiary/aromatic N) is 3. The van der Waals surface area contributed by atoms with E-state index in [9.17, 15) is 0 Å². The van der Waals surface area contributed by atoms with Gasteiger partial charge in [-0.3, -0.25) is 0 Å². The first-order chi connectivity index (χ1) is 5.77. The van der Waals surface area contributed by atoms with E-state index in [1.54, 1.807) is 12.5 Å². The lowest BCUT2D eigenvalue weighted by Crippen LogP contribution is -1.94. The SMILES string of the molecule is CC(C)c1cnc2nc[nH]c2n1. The maximum absolute atomic E-state index is 4.35. The average Bonchev–Trinajstić information content (AvgIpc) is 2.49. The predicted molar refractivity (Wildman–Crippen MR) is 45.8 cm³/mol. The molecule has 0 atom stereocenters. The first-order valence-corrected chi connectivity index (χ1v) is 3.93. The molecule has 0 aliphatic carbocycles. The number of fused-ring (bicyclic) bond motifs is 1. The minimum Gasteiger partial charge on any atom is -0.328 e. The molecule has 0 radical (unpaired) electrons. The van der Waals surface area contributed by atoms with Crippen LogP contribution >= 0.6 is 0 Å². The van der Waals surface area contributed by atoms with E-state index in [4.69, 9.17) is 0 Å². The molecule has 0 bridgehead atoms. The molecule has 2 aromatic rings. The Labute approximate surface area is 70.1 Å². The van der Waals surface area contributed by atoms with E-state index in [1.807, 2.05) is 0 Å². The zero-order valence-corrected chi connectivity index (χ0v) is 7.07. The third-order valence-electron chi connectivity index (χ3n) is 1.75. The van der Waals surface area contributed by atoms with Crippen LogP contribution in [0.1, 0.15) is 25.5 Å². The number of imidazole rings is 1. The Balaban J connectivity index is 2.60. The van der Waals surface area contributed by atoms with Crippen molar-refractivity contribution in [2.24, 2.45) is 0 Å². The minimum atomic E-state index is 0.408. The van der Waals surface area contributed by atoms with Crippen LogP contribution in [0.25, 0.3) is 11.3 Å². The van der Waals surface area contributed by atoms with Gasteiger partial charge in [0.1, 0.15) is 0 Å². The van der Waals surface area contributed by atoms with Gasteiger partial charge in [-0.2, -0.15) is 0 Å². The fraction of sp³-hybridized carbons (Fsp3) is 0.375. The molecule has 0 aliphatic heterocycles. The van der Waals surface area contributed by atoms with Crippen molar-refractivity contribution in [1.29, 1.82) is 0 Å². The van der Waals surface area contributed by atoms with Crippen molar-refractivity contribution in [2.75, 3.05) is 0 Å². The maximum atomic E-state index is 4.35. The summed E-state index contributed by atoms with van der Waals surface area (Å²) >= 11 is 0. The Morgan fingerprint density at radius 1 is 1.33 bits per heavy atom. The lowest BCUT2D eigenvalue weighted by molar-refractivity contribution is 0.820. The summed E-state index contributed by atoms with van der Waals surface area (Å²) in [5.41, 5.74) is 2.44. The summed E-state index contributed by atoms with van der Waals surface area (Å²) in [7, 11) is 0. The zero-order chi connectivity index (χ0) is 8.55. The van der Waals surface area contributed by atoms with Crippen molar-refractivity contribution in [3.8, 4) is 0 Å². The Morgan fingerprint density at radius 2 is 2.17 bits per heavy atom. The van der Waals surface area contributed by atoms with Crippen LogP contribution in [-0.4, -0.2) is 19.9 Å². The first-order valence-electron chi connectivity index (χ1n) is 3.93. The smallest absolute Gasteiger partial charge is 0.197 e. The lowest BCUT2D eigenvalue weighted by Gasteiger charge is -2.01. The van der Waals surface area contributed by atoms with Crippen LogP contribution in [0.5, 0.6) is 0 Å². The molecule has 4 heteroatoms. The van der Waals surface area contributed by atoms with E-state index in [0.29, 0.717) is 11.6 Å². The number of rotatable bonds is 1. The Bertz CT molecular complexity index is 391. The molecule has 0 aromatic carbocycles. The van der Waals surface area contributed by atoms with Crippen molar-refractivity contribution in [3.05, 3.63) is 18.2 Å². The molecule has 0 aliphatic rings. The molecular weight excluding hydrogens is 152 g/mol. The van der Waals surface area contributed by atoms with Crippen LogP contribution in [0.4, 0.5) is 0 Å². The molecule has 0 fully saturated rings. The van der Waals surface area contributed by atoms with Gasteiger partial charge in [-0.05, 0) is 5.92 Å². The topological polar surface area (TPSA) is 54.5 Å². The van der Waals surface area contributed by atoms with E-state index in [0.717, 1.165) is 11.3 Å². The van der Waals surface area contributed by atoms with Crippen LogP contribution in [-0.2, 0) is 0 Å². The van der Waals surface area contributed by atoms with Crippen LogP contribution < -0.4 is 0 Å². The van der Waals surface area contributed by atoms with E-state index in [-0.39, 0.29) is 0 Å². The Hall–Kier alpha value is -1.45. The van der Waals surface area contributed by atoms with Gasteiger partial charge in [0.25, 0.3) is 0 Å². The van der Waals surface area contributed by atoms with Gasteiger partial charge in [0.2, 0.25) is 0 Å². The third-order valence-corrected chi connectivity index (χ3v) is 1.75. The van der Waals surface area contributed by atoms with Gasteiger partial charge < -0.3 is 4.98 Å². The summed E-state index contributed by atoms with van der Waals surface area (Å²) in [6.45, 7) is 4.18. The van der Waals surface area contributed by atoms with Crippen molar-refractivity contribution < 1.29 is 0 Å². The van der Waals surface area contributed by atoms with Gasteiger partial charge in [-0.1, -0.05) is 13.8 Å². The summed E-state index contributed by atoms with van der Waals surface area (Å²) in [5, 5.41) is 0. The molecule has 2 heterocycles. The maximum Gasteiger partial charge on any atom is 0.197 e. The molecule has 2 rings (SSSR count). The predicted octanol–water partition coefficient (Wildman–Crippen LogP) is 1.48. The quantitative estimate of drug-likeness (QED) is 0.690. The van der Waals surface area contributed by atoms with Crippen molar-refractivity contribution in [1.82, 2.24) is 19.9 Å². The van der Waals surface area contributed by atoms with Gasteiger partial charge >= 0.3 is 0 Å². The van der Waals surface area contributed by atoms with E-state index >= 15 is 0 Å². The van der Waals surface area contributed by atoms with Crippen LogP contribution in [0.3, 0.4) is 0 Å². The number of H-pyrrole nitrogens is 1. The van der Waals surface area contributed by atoms with E-state index in [2.05, 4.69) is 33.8 Å². The molecule has 0 saturated carbocycles. The van der Waals surface area contributed by atoms with Gasteiger partial charge in [0.05, 0.1) is 18.2 Å². The van der Waals surface area contributed by atoms with Crippen molar-refractivity contribution in [2.45, 2.75) is 19.8 Å². The summed E-state index contributed by atoms with van der Waals surface area (Å²) in [6.07, 6.45) is 3.38. The first kappa shape index (κ1) is 7.21. The molecule has 1 N–H and O–H groups in total. The molecular formula is C8H10N4. The lowest BCUT2D eigenvalue weighted by atomic mass is 10.1. The number of hydrogen-bond acceptors (Lipinski definition) is 3. The fourth-order valence-corrected chi connectivity index (χ4v) is 1.02. The number of aromatic amines is 1. The summed E-state index contributed by atoms with van der Waals surface area (Å²) in [5.74, 6) is 0.408. The summed E-state index contributed by atoms with van der Waals surface area (Å²) in [6, 6.07) is 0. The third kappa shape index (κ3) is 1.05. The molecule has 0 amide bonds. The largest absolute Gasteiger partial charge is 0.328 e. The van der Waals surface area contributed by atoms with Gasteiger partial charge in [0, 0.05) is 0 Å². The van der Waals surface area contributed by atoms with Crippen LogP contribution in [0.15, 0.2) is 12.5 Å². The van der Waals surface area contributed by atoms with Crippen LogP contribution in [0, 0.1) is 0 Å². The summed E-state index contributed by atoms with van der Waals surface area (Å²) in [4.78, 5) is 15.4. The number of aromatic nitrogens is 4. The molecule has 0 spiro atoms. The van der Waals surface area contributed by atoms with Gasteiger partial charge in [-0.15, -0.1) is 0 Å². The highest BCUT2D eigenvalue weighted by Gasteiger charge is 2.03. The second kappa shape index (κ2) is 2.55. The highest BCUT2D eigenvalue weighted by molar-refractivity contribution is 5.63. The van der Waals surface area contributed by atoms with Crippen molar-refractivity contribution in [3.63, 3.8) is 0 Å². The molecule has 62 valence electrons. The van der Waals surface area contributed by atoms with Crippen LogP contribution in [0.2, 0.25) is 0 Å².